The Morgan fingerprint density at radius 1 is 1.56 bits per heavy atom. The molecule has 1 unspecified atom stereocenters. The first kappa shape index (κ1) is 10.9. The highest BCUT2D eigenvalue weighted by Gasteiger charge is 2.24. The molecule has 1 aromatic carbocycles. The third kappa shape index (κ3) is 1.52. The van der Waals surface area contributed by atoms with E-state index in [4.69, 9.17) is 0 Å². The largest absolute Gasteiger partial charge is 0.346 e. The van der Waals surface area contributed by atoms with Crippen molar-refractivity contribution < 1.29 is 9.18 Å². The summed E-state index contributed by atoms with van der Waals surface area (Å²) in [5.74, 6) is -0.438. The van der Waals surface area contributed by atoms with E-state index in [0.29, 0.717) is 12.3 Å². The molecule has 0 spiro atoms. The molecule has 1 aliphatic rings. The molecule has 1 atom stereocenters. The number of carbonyl (C=O) groups excluding carboxylic acids is 1. The monoisotopic (exact) mass is 219 g/mol. The topological polar surface area (TPSA) is 20.3 Å². The van der Waals surface area contributed by atoms with Crippen LogP contribution in [-0.2, 0) is 6.42 Å². The SMILES string of the molecule is C=CN1c2ccc(F)c(C=O)c2CCC1C. The van der Waals surface area contributed by atoms with Gasteiger partial charge < -0.3 is 4.90 Å². The van der Waals surface area contributed by atoms with Crippen molar-refractivity contribution >= 4 is 12.0 Å². The molecule has 1 aliphatic heterocycles. The second-order valence-corrected chi connectivity index (χ2v) is 4.05. The molecular weight excluding hydrogens is 205 g/mol. The van der Waals surface area contributed by atoms with Crippen LogP contribution in [0.15, 0.2) is 24.9 Å². The molecule has 0 fully saturated rings. The highest BCUT2D eigenvalue weighted by molar-refractivity contribution is 5.82. The Balaban J connectivity index is 2.60. The summed E-state index contributed by atoms with van der Waals surface area (Å²) in [7, 11) is 0. The number of nitrogens with zero attached hydrogens (tertiary/aromatic N) is 1. The van der Waals surface area contributed by atoms with E-state index in [1.165, 1.54) is 6.07 Å². The number of fused-ring (bicyclic) bond motifs is 1. The van der Waals surface area contributed by atoms with Crippen LogP contribution in [-0.4, -0.2) is 12.3 Å². The highest BCUT2D eigenvalue weighted by atomic mass is 19.1. The van der Waals surface area contributed by atoms with E-state index in [2.05, 4.69) is 13.5 Å². The number of hydrogen-bond acceptors (Lipinski definition) is 2. The number of halogens is 1. The number of hydrogen-bond donors (Lipinski definition) is 0. The first-order valence-electron chi connectivity index (χ1n) is 5.36. The lowest BCUT2D eigenvalue weighted by molar-refractivity contribution is 0.111. The highest BCUT2D eigenvalue weighted by Crippen LogP contribution is 2.33. The Morgan fingerprint density at radius 2 is 2.31 bits per heavy atom. The molecule has 0 aliphatic carbocycles. The van der Waals surface area contributed by atoms with Crippen molar-refractivity contribution in [1.29, 1.82) is 0 Å². The minimum absolute atomic E-state index is 0.191. The third-order valence-corrected chi connectivity index (χ3v) is 3.16. The van der Waals surface area contributed by atoms with E-state index in [1.807, 2.05) is 4.90 Å². The lowest BCUT2D eigenvalue weighted by atomic mass is 9.93. The molecule has 2 rings (SSSR count). The molecule has 1 heterocycles. The van der Waals surface area contributed by atoms with Crippen molar-refractivity contribution in [3.63, 3.8) is 0 Å². The van der Waals surface area contributed by atoms with Gasteiger partial charge in [0, 0.05) is 11.7 Å². The maximum Gasteiger partial charge on any atom is 0.153 e. The van der Waals surface area contributed by atoms with Gasteiger partial charge in [-0.1, -0.05) is 6.58 Å². The lowest BCUT2D eigenvalue weighted by Gasteiger charge is -2.34. The summed E-state index contributed by atoms with van der Waals surface area (Å²) in [5.41, 5.74) is 1.89. The van der Waals surface area contributed by atoms with Crippen molar-refractivity contribution in [3.05, 3.63) is 41.9 Å². The summed E-state index contributed by atoms with van der Waals surface area (Å²) < 4.78 is 13.4. The summed E-state index contributed by atoms with van der Waals surface area (Å²) in [6.45, 7) is 5.85. The summed E-state index contributed by atoms with van der Waals surface area (Å²) in [5, 5.41) is 0. The quantitative estimate of drug-likeness (QED) is 0.713. The van der Waals surface area contributed by atoms with E-state index >= 15 is 0 Å². The second-order valence-electron chi connectivity index (χ2n) is 4.05. The normalized spacial score (nSPS) is 19.1. The average Bonchev–Trinajstić information content (AvgIpc) is 2.29. The predicted octanol–water partition coefficient (Wildman–Crippen LogP) is 2.92. The Hall–Kier alpha value is -1.64. The van der Waals surface area contributed by atoms with Crippen LogP contribution in [0.5, 0.6) is 0 Å². The zero-order valence-corrected chi connectivity index (χ0v) is 9.24. The maximum atomic E-state index is 13.4. The smallest absolute Gasteiger partial charge is 0.153 e. The van der Waals surface area contributed by atoms with Gasteiger partial charge in [-0.25, -0.2) is 4.39 Å². The first-order chi connectivity index (χ1) is 7.69. The number of anilines is 1. The van der Waals surface area contributed by atoms with Gasteiger partial charge in [-0.3, -0.25) is 4.79 Å². The maximum absolute atomic E-state index is 13.4. The molecule has 0 aromatic heterocycles. The van der Waals surface area contributed by atoms with E-state index in [9.17, 15) is 9.18 Å². The van der Waals surface area contributed by atoms with Gasteiger partial charge in [-0.05, 0) is 43.7 Å². The number of aldehydes is 1. The van der Waals surface area contributed by atoms with Crippen LogP contribution in [0, 0.1) is 5.82 Å². The first-order valence-corrected chi connectivity index (χ1v) is 5.36. The number of benzene rings is 1. The zero-order valence-electron chi connectivity index (χ0n) is 9.24. The molecule has 0 saturated heterocycles. The molecule has 0 amide bonds. The minimum atomic E-state index is -0.438. The van der Waals surface area contributed by atoms with Crippen molar-refractivity contribution in [2.75, 3.05) is 4.90 Å². The lowest BCUT2D eigenvalue weighted by Crippen LogP contribution is -2.33. The van der Waals surface area contributed by atoms with Gasteiger partial charge in [0.2, 0.25) is 0 Å². The van der Waals surface area contributed by atoms with Gasteiger partial charge in [0.05, 0.1) is 5.56 Å². The number of carbonyl (C=O) groups is 1. The fourth-order valence-electron chi connectivity index (χ4n) is 2.26. The Labute approximate surface area is 94.4 Å². The number of rotatable bonds is 2. The Kier molecular flexibility index (Phi) is 2.77. The summed E-state index contributed by atoms with van der Waals surface area (Å²) in [6, 6.07) is 3.40. The van der Waals surface area contributed by atoms with E-state index in [-0.39, 0.29) is 5.56 Å². The average molecular weight is 219 g/mol. The van der Waals surface area contributed by atoms with Gasteiger partial charge in [0.25, 0.3) is 0 Å². The minimum Gasteiger partial charge on any atom is -0.346 e. The van der Waals surface area contributed by atoms with Crippen molar-refractivity contribution in [2.45, 2.75) is 25.8 Å². The van der Waals surface area contributed by atoms with Gasteiger partial charge >= 0.3 is 0 Å². The third-order valence-electron chi connectivity index (χ3n) is 3.16. The molecule has 0 radical (unpaired) electrons. The van der Waals surface area contributed by atoms with Crippen LogP contribution in [0.2, 0.25) is 0 Å². The fourth-order valence-corrected chi connectivity index (χ4v) is 2.26. The molecule has 1 aromatic rings. The molecular formula is C13H14FNO. The van der Waals surface area contributed by atoms with Crippen LogP contribution in [0.4, 0.5) is 10.1 Å². The van der Waals surface area contributed by atoms with Crippen molar-refractivity contribution in [1.82, 2.24) is 0 Å². The fraction of sp³-hybridized carbons (Fsp3) is 0.308. The van der Waals surface area contributed by atoms with Gasteiger partial charge in [0.1, 0.15) is 5.82 Å². The van der Waals surface area contributed by atoms with Gasteiger partial charge in [-0.15, -0.1) is 0 Å². The molecule has 2 nitrogen and oxygen atoms in total. The van der Waals surface area contributed by atoms with E-state index in [1.54, 1.807) is 12.3 Å². The van der Waals surface area contributed by atoms with Crippen LogP contribution >= 0.6 is 0 Å². The summed E-state index contributed by atoms with van der Waals surface area (Å²) >= 11 is 0. The van der Waals surface area contributed by atoms with Crippen LogP contribution in [0.25, 0.3) is 0 Å². The van der Waals surface area contributed by atoms with E-state index < -0.39 is 5.82 Å². The van der Waals surface area contributed by atoms with Crippen LogP contribution < -0.4 is 4.90 Å². The molecule has 3 heteroatoms. The molecule has 0 saturated carbocycles. The van der Waals surface area contributed by atoms with E-state index in [0.717, 1.165) is 24.1 Å². The molecule has 84 valence electrons. The van der Waals surface area contributed by atoms with Crippen LogP contribution in [0.1, 0.15) is 29.3 Å². The standard InChI is InChI=1S/C13H14FNO/c1-3-15-9(2)4-5-10-11(8-16)12(14)6-7-13(10)15/h3,6-9H,1,4-5H2,2H3. The van der Waals surface area contributed by atoms with Gasteiger partial charge in [0.15, 0.2) is 6.29 Å². The van der Waals surface area contributed by atoms with Gasteiger partial charge in [-0.2, -0.15) is 0 Å². The summed E-state index contributed by atoms with van der Waals surface area (Å²) in [4.78, 5) is 12.9. The second kappa shape index (κ2) is 4.08. The zero-order chi connectivity index (χ0) is 11.7. The molecule has 16 heavy (non-hydrogen) atoms. The molecule has 0 bridgehead atoms. The Morgan fingerprint density at radius 3 is 2.94 bits per heavy atom. The van der Waals surface area contributed by atoms with Crippen LogP contribution in [0.3, 0.4) is 0 Å². The van der Waals surface area contributed by atoms with Crippen molar-refractivity contribution in [3.8, 4) is 0 Å². The predicted molar refractivity (Wildman–Crippen MR) is 62.2 cm³/mol. The summed E-state index contributed by atoms with van der Waals surface area (Å²) in [6.07, 6.45) is 3.98. The Bertz CT molecular complexity index is 442. The van der Waals surface area contributed by atoms with Crippen molar-refractivity contribution in [2.24, 2.45) is 0 Å². The molecule has 0 N–H and O–H groups in total.